The van der Waals surface area contributed by atoms with E-state index in [1.165, 1.54) is 19.3 Å². The highest BCUT2D eigenvalue weighted by Crippen LogP contribution is 2.36. The summed E-state index contributed by atoms with van der Waals surface area (Å²) in [5.41, 5.74) is 0. The summed E-state index contributed by atoms with van der Waals surface area (Å²) in [5, 5.41) is 3.47. The number of anilines is 2. The van der Waals surface area contributed by atoms with Crippen molar-refractivity contribution < 1.29 is 0 Å². The molecule has 0 radical (unpaired) electrons. The molecule has 0 amide bonds. The second kappa shape index (κ2) is 4.68. The highest BCUT2D eigenvalue weighted by atomic mass is 15.2. The topological polar surface area (TPSA) is 41.1 Å². The fraction of sp³-hybridized carbons (Fsp3) is 0.667. The van der Waals surface area contributed by atoms with E-state index in [4.69, 9.17) is 0 Å². The molecule has 88 valence electrons. The predicted octanol–water partition coefficient (Wildman–Crippen LogP) is 2.14. The van der Waals surface area contributed by atoms with Crippen molar-refractivity contribution >= 4 is 11.8 Å². The molecule has 0 bridgehead atoms. The fourth-order valence-corrected chi connectivity index (χ4v) is 1.95. The van der Waals surface area contributed by atoms with Gasteiger partial charge >= 0.3 is 0 Å². The summed E-state index contributed by atoms with van der Waals surface area (Å²) in [4.78, 5) is 10.6. The molecule has 1 N–H and O–H groups in total. The lowest BCUT2D eigenvalue weighted by molar-refractivity contribution is 0.692. The minimum Gasteiger partial charge on any atom is -0.367 e. The monoisotopic (exact) mass is 220 g/mol. The van der Waals surface area contributed by atoms with Crippen molar-refractivity contribution in [2.75, 3.05) is 24.3 Å². The van der Waals surface area contributed by atoms with Crippen LogP contribution >= 0.6 is 0 Å². The molecule has 0 aliphatic heterocycles. The quantitative estimate of drug-likeness (QED) is 0.825. The van der Waals surface area contributed by atoms with Gasteiger partial charge in [-0.3, -0.25) is 0 Å². The highest BCUT2D eigenvalue weighted by molar-refractivity contribution is 5.42. The van der Waals surface area contributed by atoms with Crippen LogP contribution in [0.5, 0.6) is 0 Å². The van der Waals surface area contributed by atoms with Gasteiger partial charge < -0.3 is 10.2 Å². The highest BCUT2D eigenvalue weighted by Gasteiger charge is 2.36. The molecule has 1 aromatic rings. The van der Waals surface area contributed by atoms with Crippen molar-refractivity contribution in [2.45, 2.75) is 32.2 Å². The van der Waals surface area contributed by atoms with Crippen molar-refractivity contribution in [3.8, 4) is 0 Å². The molecule has 2 atom stereocenters. The van der Waals surface area contributed by atoms with E-state index in [1.54, 1.807) is 0 Å². The molecule has 16 heavy (non-hydrogen) atoms. The Morgan fingerprint density at radius 3 is 3.00 bits per heavy atom. The average Bonchev–Trinajstić information content (AvgIpc) is 2.97. The van der Waals surface area contributed by atoms with E-state index < -0.39 is 0 Å². The van der Waals surface area contributed by atoms with E-state index in [1.807, 2.05) is 31.3 Å². The maximum Gasteiger partial charge on any atom is 0.226 e. The van der Waals surface area contributed by atoms with Gasteiger partial charge in [0.25, 0.3) is 0 Å². The summed E-state index contributed by atoms with van der Waals surface area (Å²) in [6, 6.07) is 2.57. The maximum absolute atomic E-state index is 4.45. The van der Waals surface area contributed by atoms with E-state index >= 15 is 0 Å². The van der Waals surface area contributed by atoms with Crippen LogP contribution in [0.1, 0.15) is 26.2 Å². The fourth-order valence-electron chi connectivity index (χ4n) is 1.95. The van der Waals surface area contributed by atoms with Gasteiger partial charge in [-0.15, -0.1) is 0 Å². The van der Waals surface area contributed by atoms with Crippen LogP contribution < -0.4 is 10.2 Å². The Morgan fingerprint density at radius 2 is 2.31 bits per heavy atom. The number of nitrogens with one attached hydrogen (secondary N) is 1. The third-order valence-electron chi connectivity index (χ3n) is 2.96. The molecule has 1 fully saturated rings. The SMILES string of the molecule is CCCC1CC1Nc1ccnc(N(C)C)n1. The van der Waals surface area contributed by atoms with Gasteiger partial charge in [0, 0.05) is 26.3 Å². The lowest BCUT2D eigenvalue weighted by Gasteiger charge is -2.11. The van der Waals surface area contributed by atoms with Crippen molar-refractivity contribution in [1.82, 2.24) is 9.97 Å². The predicted molar refractivity (Wildman–Crippen MR) is 66.8 cm³/mol. The van der Waals surface area contributed by atoms with Gasteiger partial charge in [-0.05, 0) is 24.8 Å². The van der Waals surface area contributed by atoms with Crippen LogP contribution in [0.2, 0.25) is 0 Å². The molecule has 2 rings (SSSR count). The van der Waals surface area contributed by atoms with Crippen LogP contribution in [-0.2, 0) is 0 Å². The van der Waals surface area contributed by atoms with Crippen LogP contribution in [-0.4, -0.2) is 30.1 Å². The number of aromatic nitrogens is 2. The number of hydrogen-bond acceptors (Lipinski definition) is 4. The Hall–Kier alpha value is -1.32. The van der Waals surface area contributed by atoms with Crippen LogP contribution in [0, 0.1) is 5.92 Å². The normalized spacial score (nSPS) is 22.9. The third-order valence-corrected chi connectivity index (χ3v) is 2.96. The summed E-state index contributed by atoms with van der Waals surface area (Å²) in [6.07, 6.45) is 5.69. The molecule has 0 spiro atoms. The summed E-state index contributed by atoms with van der Waals surface area (Å²) in [7, 11) is 3.91. The summed E-state index contributed by atoms with van der Waals surface area (Å²) >= 11 is 0. The van der Waals surface area contributed by atoms with E-state index in [-0.39, 0.29) is 0 Å². The van der Waals surface area contributed by atoms with Gasteiger partial charge in [-0.25, -0.2) is 4.98 Å². The molecule has 0 saturated heterocycles. The third kappa shape index (κ3) is 2.62. The molecule has 1 aliphatic rings. The van der Waals surface area contributed by atoms with E-state index in [0.29, 0.717) is 6.04 Å². The van der Waals surface area contributed by atoms with E-state index in [2.05, 4.69) is 22.2 Å². The van der Waals surface area contributed by atoms with Crippen LogP contribution in [0.15, 0.2) is 12.3 Å². The van der Waals surface area contributed by atoms with Crippen molar-refractivity contribution in [3.63, 3.8) is 0 Å². The van der Waals surface area contributed by atoms with Crippen molar-refractivity contribution in [1.29, 1.82) is 0 Å². The van der Waals surface area contributed by atoms with Gasteiger partial charge in [0.15, 0.2) is 0 Å². The first-order chi connectivity index (χ1) is 7.70. The molecule has 4 heteroatoms. The smallest absolute Gasteiger partial charge is 0.226 e. The maximum atomic E-state index is 4.45. The zero-order valence-electron chi connectivity index (χ0n) is 10.3. The Bertz CT molecular complexity index is 351. The minimum absolute atomic E-state index is 0.630. The molecule has 1 aliphatic carbocycles. The lowest BCUT2D eigenvalue weighted by Crippen LogP contribution is -2.14. The zero-order chi connectivity index (χ0) is 11.5. The molecule has 1 aromatic heterocycles. The zero-order valence-corrected chi connectivity index (χ0v) is 10.3. The summed E-state index contributed by atoms with van der Waals surface area (Å²) in [5.74, 6) is 2.56. The Morgan fingerprint density at radius 1 is 1.50 bits per heavy atom. The first-order valence-corrected chi connectivity index (χ1v) is 5.97. The summed E-state index contributed by atoms with van der Waals surface area (Å²) in [6.45, 7) is 2.24. The molecule has 2 unspecified atom stereocenters. The van der Waals surface area contributed by atoms with Gasteiger partial charge in [-0.1, -0.05) is 13.3 Å². The van der Waals surface area contributed by atoms with E-state index in [9.17, 15) is 0 Å². The first kappa shape index (κ1) is 11.2. The van der Waals surface area contributed by atoms with Crippen LogP contribution in [0.25, 0.3) is 0 Å². The number of hydrogen-bond donors (Lipinski definition) is 1. The van der Waals surface area contributed by atoms with E-state index in [0.717, 1.165) is 17.7 Å². The van der Waals surface area contributed by atoms with Gasteiger partial charge in [0.1, 0.15) is 5.82 Å². The molecule has 1 saturated carbocycles. The standard InChI is InChI=1S/C12H20N4/c1-4-5-9-8-10(9)14-11-6-7-13-12(15-11)16(2)3/h6-7,9-10H,4-5,8H2,1-3H3,(H,13,14,15). The number of rotatable bonds is 5. The first-order valence-electron chi connectivity index (χ1n) is 5.97. The molecular weight excluding hydrogens is 200 g/mol. The number of nitrogens with zero attached hydrogens (tertiary/aromatic N) is 3. The van der Waals surface area contributed by atoms with Crippen LogP contribution in [0.3, 0.4) is 0 Å². The largest absolute Gasteiger partial charge is 0.367 e. The second-order valence-electron chi connectivity index (χ2n) is 4.67. The lowest BCUT2D eigenvalue weighted by atomic mass is 10.2. The van der Waals surface area contributed by atoms with Crippen molar-refractivity contribution in [2.24, 2.45) is 5.92 Å². The van der Waals surface area contributed by atoms with Gasteiger partial charge in [0.2, 0.25) is 5.95 Å². The van der Waals surface area contributed by atoms with Crippen molar-refractivity contribution in [3.05, 3.63) is 12.3 Å². The molecule has 1 heterocycles. The average molecular weight is 220 g/mol. The van der Waals surface area contributed by atoms with Gasteiger partial charge in [-0.2, -0.15) is 4.98 Å². The Balaban J connectivity index is 1.93. The molecule has 0 aromatic carbocycles. The van der Waals surface area contributed by atoms with Crippen LogP contribution in [0.4, 0.5) is 11.8 Å². The second-order valence-corrected chi connectivity index (χ2v) is 4.67. The van der Waals surface area contributed by atoms with Gasteiger partial charge in [0.05, 0.1) is 0 Å². The Labute approximate surface area is 97.1 Å². The minimum atomic E-state index is 0.630. The summed E-state index contributed by atoms with van der Waals surface area (Å²) < 4.78 is 0. The molecule has 4 nitrogen and oxygen atoms in total. The Kier molecular flexibility index (Phi) is 3.27. The molecular formula is C12H20N4.